The van der Waals surface area contributed by atoms with Gasteiger partial charge in [0.25, 0.3) is 0 Å². The molecule has 0 aliphatic rings. The average Bonchev–Trinajstić information content (AvgIpc) is 2.60. The number of hydrogen-bond donors (Lipinski definition) is 1. The molecule has 0 atom stereocenters. The maximum absolute atomic E-state index is 11.0. The number of carboxylic acid groups (broad SMARTS) is 1. The van der Waals surface area contributed by atoms with E-state index in [0.717, 1.165) is 21.3 Å². The topological polar surface area (TPSA) is 73.6 Å². The summed E-state index contributed by atoms with van der Waals surface area (Å²) < 4.78 is 6.09. The Morgan fingerprint density at radius 2 is 1.96 bits per heavy atom. The zero-order chi connectivity index (χ0) is 18.2. The summed E-state index contributed by atoms with van der Waals surface area (Å²) in [5.41, 5.74) is 2.63. The minimum absolute atomic E-state index is 0.0647. The maximum atomic E-state index is 11.0. The van der Waals surface area contributed by atoms with Gasteiger partial charge in [0.15, 0.2) is 0 Å². The molecule has 0 spiro atoms. The molecule has 0 bridgehead atoms. The maximum Gasteiger partial charge on any atom is 0.304 e. The van der Waals surface area contributed by atoms with Crippen LogP contribution >= 0.6 is 15.9 Å². The van der Waals surface area contributed by atoms with Crippen molar-refractivity contribution in [1.29, 1.82) is 5.26 Å². The van der Waals surface area contributed by atoms with Gasteiger partial charge < -0.3 is 9.84 Å². The predicted octanol–water partition coefficient (Wildman–Crippen LogP) is 3.81. The van der Waals surface area contributed by atoms with Crippen molar-refractivity contribution in [3.05, 3.63) is 63.6 Å². The third-order valence-electron chi connectivity index (χ3n) is 3.73. The number of methoxy groups -OCH3 is 1. The Morgan fingerprint density at radius 1 is 1.24 bits per heavy atom. The van der Waals surface area contributed by atoms with Gasteiger partial charge in [0, 0.05) is 19.6 Å². The van der Waals surface area contributed by atoms with Gasteiger partial charge in [-0.25, -0.2) is 0 Å². The number of nitrogens with zero attached hydrogens (tertiary/aromatic N) is 2. The van der Waals surface area contributed by atoms with Crippen molar-refractivity contribution in [2.45, 2.75) is 19.5 Å². The van der Waals surface area contributed by atoms with Gasteiger partial charge in [0.1, 0.15) is 5.75 Å². The smallest absolute Gasteiger partial charge is 0.304 e. The first-order chi connectivity index (χ1) is 12.0. The SMILES string of the molecule is COc1ccc(CN(CCC(=O)O)Cc2cccc(C#N)c2)cc1Br. The second-order valence-corrected chi connectivity index (χ2v) is 6.49. The number of ether oxygens (including phenoxy) is 1. The van der Waals surface area contributed by atoms with Crippen LogP contribution in [0.3, 0.4) is 0 Å². The molecule has 0 aliphatic carbocycles. The lowest BCUT2D eigenvalue weighted by Crippen LogP contribution is -2.25. The van der Waals surface area contributed by atoms with Gasteiger partial charge in [-0.2, -0.15) is 5.26 Å². The molecule has 2 rings (SSSR count). The molecular weight excluding hydrogens is 384 g/mol. The summed E-state index contributed by atoms with van der Waals surface area (Å²) in [6.45, 7) is 1.61. The summed E-state index contributed by atoms with van der Waals surface area (Å²) in [4.78, 5) is 13.0. The van der Waals surface area contributed by atoms with Crippen LogP contribution < -0.4 is 4.74 Å². The van der Waals surface area contributed by atoms with Crippen molar-refractivity contribution in [2.24, 2.45) is 0 Å². The fraction of sp³-hybridized carbons (Fsp3) is 0.263. The van der Waals surface area contributed by atoms with E-state index < -0.39 is 5.97 Å². The first-order valence-electron chi connectivity index (χ1n) is 7.77. The van der Waals surface area contributed by atoms with Crippen molar-refractivity contribution in [2.75, 3.05) is 13.7 Å². The molecule has 2 aromatic rings. The van der Waals surface area contributed by atoms with Crippen LogP contribution in [0.2, 0.25) is 0 Å². The highest BCUT2D eigenvalue weighted by Gasteiger charge is 2.11. The van der Waals surface area contributed by atoms with Crippen molar-refractivity contribution < 1.29 is 14.6 Å². The fourth-order valence-corrected chi connectivity index (χ4v) is 3.12. The first-order valence-corrected chi connectivity index (χ1v) is 8.56. The van der Waals surface area contributed by atoms with E-state index in [2.05, 4.69) is 26.9 Å². The van der Waals surface area contributed by atoms with E-state index in [9.17, 15) is 4.79 Å². The van der Waals surface area contributed by atoms with E-state index in [-0.39, 0.29) is 6.42 Å². The summed E-state index contributed by atoms with van der Waals surface area (Å²) in [6, 6.07) is 15.3. The lowest BCUT2D eigenvalue weighted by molar-refractivity contribution is -0.137. The summed E-state index contributed by atoms with van der Waals surface area (Å²) >= 11 is 3.47. The lowest BCUT2D eigenvalue weighted by Gasteiger charge is -2.22. The van der Waals surface area contributed by atoms with Crippen LogP contribution in [0, 0.1) is 11.3 Å². The Morgan fingerprint density at radius 3 is 2.56 bits per heavy atom. The minimum Gasteiger partial charge on any atom is -0.496 e. The largest absolute Gasteiger partial charge is 0.496 e. The van der Waals surface area contributed by atoms with E-state index in [4.69, 9.17) is 15.1 Å². The molecule has 0 saturated heterocycles. The monoisotopic (exact) mass is 402 g/mol. The molecule has 0 heterocycles. The molecular formula is C19H19BrN2O3. The summed E-state index contributed by atoms with van der Waals surface area (Å²) in [6.07, 6.45) is 0.0647. The quantitative estimate of drug-likeness (QED) is 0.726. The van der Waals surface area contributed by atoms with Gasteiger partial charge in [-0.05, 0) is 51.3 Å². The Bertz CT molecular complexity index is 786. The number of carboxylic acids is 1. The van der Waals surface area contributed by atoms with Crippen LogP contribution in [0.1, 0.15) is 23.1 Å². The highest BCUT2D eigenvalue weighted by molar-refractivity contribution is 9.10. The van der Waals surface area contributed by atoms with E-state index in [1.54, 1.807) is 13.2 Å². The fourth-order valence-electron chi connectivity index (χ4n) is 2.53. The third-order valence-corrected chi connectivity index (χ3v) is 4.35. The zero-order valence-electron chi connectivity index (χ0n) is 13.9. The van der Waals surface area contributed by atoms with E-state index >= 15 is 0 Å². The Kier molecular flexibility index (Phi) is 6.99. The van der Waals surface area contributed by atoms with Gasteiger partial charge in [-0.3, -0.25) is 9.69 Å². The number of benzene rings is 2. The van der Waals surface area contributed by atoms with Crippen LogP contribution in [-0.4, -0.2) is 29.6 Å². The number of halogens is 1. The number of carbonyl (C=O) groups is 1. The number of rotatable bonds is 8. The molecule has 0 unspecified atom stereocenters. The summed E-state index contributed by atoms with van der Waals surface area (Å²) in [5.74, 6) is -0.0748. The normalized spacial score (nSPS) is 10.5. The number of aliphatic carboxylic acids is 1. The van der Waals surface area contributed by atoms with Crippen LogP contribution in [0.25, 0.3) is 0 Å². The molecule has 2 aromatic carbocycles. The first kappa shape index (κ1) is 19.0. The van der Waals surface area contributed by atoms with E-state index in [1.807, 2.05) is 36.4 Å². The van der Waals surface area contributed by atoms with Crippen LogP contribution in [0.5, 0.6) is 5.75 Å². The van der Waals surface area contributed by atoms with E-state index in [1.165, 1.54) is 0 Å². The van der Waals surface area contributed by atoms with Crippen LogP contribution in [0.4, 0.5) is 0 Å². The predicted molar refractivity (Wildman–Crippen MR) is 98.2 cm³/mol. The van der Waals surface area contributed by atoms with Gasteiger partial charge in [0.2, 0.25) is 0 Å². The average molecular weight is 403 g/mol. The third kappa shape index (κ3) is 5.89. The van der Waals surface area contributed by atoms with Gasteiger partial charge in [-0.1, -0.05) is 18.2 Å². The van der Waals surface area contributed by atoms with Crippen LogP contribution in [0.15, 0.2) is 46.9 Å². The molecule has 5 nitrogen and oxygen atoms in total. The van der Waals surface area contributed by atoms with Crippen molar-refractivity contribution >= 4 is 21.9 Å². The van der Waals surface area contributed by atoms with Crippen molar-refractivity contribution in [3.8, 4) is 11.8 Å². The molecule has 0 aromatic heterocycles. The molecule has 0 amide bonds. The molecule has 0 fully saturated rings. The second kappa shape index (κ2) is 9.21. The minimum atomic E-state index is -0.827. The highest BCUT2D eigenvalue weighted by Crippen LogP contribution is 2.26. The number of nitriles is 1. The summed E-state index contributed by atoms with van der Waals surface area (Å²) in [5, 5.41) is 18.0. The van der Waals surface area contributed by atoms with Crippen LogP contribution in [-0.2, 0) is 17.9 Å². The molecule has 0 radical (unpaired) electrons. The molecule has 6 heteroatoms. The number of hydrogen-bond acceptors (Lipinski definition) is 4. The zero-order valence-corrected chi connectivity index (χ0v) is 15.5. The van der Waals surface area contributed by atoms with Crippen molar-refractivity contribution in [3.63, 3.8) is 0 Å². The lowest BCUT2D eigenvalue weighted by atomic mass is 10.1. The Hall–Kier alpha value is -2.36. The molecule has 0 aliphatic heterocycles. The molecule has 25 heavy (non-hydrogen) atoms. The molecule has 130 valence electrons. The van der Waals surface area contributed by atoms with Crippen molar-refractivity contribution in [1.82, 2.24) is 4.90 Å². The Labute approximate surface area is 155 Å². The van der Waals surface area contributed by atoms with Gasteiger partial charge >= 0.3 is 5.97 Å². The van der Waals surface area contributed by atoms with Gasteiger partial charge in [-0.15, -0.1) is 0 Å². The van der Waals surface area contributed by atoms with E-state index in [0.29, 0.717) is 25.2 Å². The second-order valence-electron chi connectivity index (χ2n) is 5.64. The molecule has 1 N–H and O–H groups in total. The summed E-state index contributed by atoms with van der Waals surface area (Å²) in [7, 11) is 1.61. The standard InChI is InChI=1S/C19H19BrN2O3/c1-25-18-6-5-16(10-17(18)20)13-22(8-7-19(23)24)12-15-4-2-3-14(9-15)11-21/h2-6,9-10H,7-8,12-13H2,1H3,(H,23,24). The Balaban J connectivity index is 2.15. The molecule has 0 saturated carbocycles. The highest BCUT2D eigenvalue weighted by atomic mass is 79.9. The van der Waals surface area contributed by atoms with Gasteiger partial charge in [0.05, 0.1) is 29.6 Å².